The van der Waals surface area contributed by atoms with E-state index in [2.05, 4.69) is 13.8 Å². The van der Waals surface area contributed by atoms with E-state index in [9.17, 15) is 5.21 Å². The Morgan fingerprint density at radius 2 is 2.19 bits per heavy atom. The van der Waals surface area contributed by atoms with Crippen LogP contribution in [0.15, 0.2) is 0 Å². The number of rotatable bonds is 3. The summed E-state index contributed by atoms with van der Waals surface area (Å²) >= 11 is 0. The Kier molecular flexibility index (Phi) is 3.88. The normalized spacial score (nSPS) is 40.5. The van der Waals surface area contributed by atoms with Gasteiger partial charge in [0.15, 0.2) is 6.73 Å². The van der Waals surface area contributed by atoms with Gasteiger partial charge >= 0.3 is 0 Å². The van der Waals surface area contributed by atoms with Crippen molar-refractivity contribution in [2.24, 2.45) is 17.8 Å². The molecule has 2 fully saturated rings. The van der Waals surface area contributed by atoms with Crippen molar-refractivity contribution in [3.05, 3.63) is 5.21 Å². The first-order valence-corrected chi connectivity index (χ1v) is 6.74. The third-order valence-electron chi connectivity index (χ3n) is 4.30. The lowest BCUT2D eigenvalue weighted by Crippen LogP contribution is -2.50. The van der Waals surface area contributed by atoms with E-state index in [4.69, 9.17) is 4.74 Å². The second-order valence-corrected chi connectivity index (χ2v) is 6.04. The molecule has 0 aromatic rings. The number of nitrogens with zero attached hydrogens (tertiary/aromatic N) is 1. The third-order valence-corrected chi connectivity index (χ3v) is 4.30. The van der Waals surface area contributed by atoms with Crippen LogP contribution in [0, 0.1) is 23.0 Å². The summed E-state index contributed by atoms with van der Waals surface area (Å²) in [5.41, 5.74) is 0. The maximum Gasteiger partial charge on any atom is 0.182 e. The van der Waals surface area contributed by atoms with Crippen molar-refractivity contribution in [2.45, 2.75) is 39.5 Å². The average Bonchev–Trinajstić information content (AvgIpc) is 2.66. The van der Waals surface area contributed by atoms with Gasteiger partial charge in [0.1, 0.15) is 0 Å². The van der Waals surface area contributed by atoms with Gasteiger partial charge in [-0.15, -0.1) is 0 Å². The van der Waals surface area contributed by atoms with E-state index in [0.717, 1.165) is 38.0 Å². The van der Waals surface area contributed by atoms with E-state index in [1.807, 2.05) is 0 Å². The van der Waals surface area contributed by atoms with Crippen LogP contribution in [0.1, 0.15) is 39.5 Å². The molecule has 0 N–H and O–H groups in total. The van der Waals surface area contributed by atoms with Gasteiger partial charge in [-0.1, -0.05) is 13.8 Å². The van der Waals surface area contributed by atoms with Crippen molar-refractivity contribution in [2.75, 3.05) is 26.4 Å². The molecule has 3 heteroatoms. The van der Waals surface area contributed by atoms with E-state index in [1.54, 1.807) is 0 Å². The van der Waals surface area contributed by atoms with E-state index in [0.29, 0.717) is 12.6 Å². The first-order valence-electron chi connectivity index (χ1n) is 6.74. The summed E-state index contributed by atoms with van der Waals surface area (Å²) in [6.07, 6.45) is 4.78. The summed E-state index contributed by atoms with van der Waals surface area (Å²) in [5.74, 6) is 2.27. The highest BCUT2D eigenvalue weighted by Gasteiger charge is 2.32. The summed E-state index contributed by atoms with van der Waals surface area (Å²) < 4.78 is 5.24. The van der Waals surface area contributed by atoms with Crippen LogP contribution in [-0.2, 0) is 4.74 Å². The molecule has 2 aliphatic rings. The zero-order valence-electron chi connectivity index (χ0n) is 10.7. The Hall–Kier alpha value is -0.120. The molecule has 0 radical (unpaired) electrons. The van der Waals surface area contributed by atoms with Gasteiger partial charge in [-0.05, 0) is 31.1 Å². The van der Waals surface area contributed by atoms with Gasteiger partial charge < -0.3 is 14.6 Å². The average molecular weight is 227 g/mol. The summed E-state index contributed by atoms with van der Waals surface area (Å²) in [5, 5.41) is 12.4. The second-order valence-electron chi connectivity index (χ2n) is 6.04. The maximum absolute atomic E-state index is 12.4. The number of quaternary nitrogens is 1. The van der Waals surface area contributed by atoms with E-state index >= 15 is 0 Å². The van der Waals surface area contributed by atoms with E-state index in [-0.39, 0.29) is 4.65 Å². The quantitative estimate of drug-likeness (QED) is 0.548. The van der Waals surface area contributed by atoms with E-state index < -0.39 is 0 Å². The summed E-state index contributed by atoms with van der Waals surface area (Å²) in [6.45, 7) is 7.34. The molecular formula is C13H25NO2. The molecule has 3 unspecified atom stereocenters. The monoisotopic (exact) mass is 227 g/mol. The lowest BCUT2D eigenvalue weighted by atomic mass is 9.93. The minimum Gasteiger partial charge on any atom is -0.631 e. The molecule has 0 bridgehead atoms. The summed E-state index contributed by atoms with van der Waals surface area (Å²) in [6, 6.07) is 0. The van der Waals surface area contributed by atoms with Gasteiger partial charge in [0.2, 0.25) is 0 Å². The van der Waals surface area contributed by atoms with Crippen LogP contribution in [0.3, 0.4) is 0 Å². The fraction of sp³-hybridized carbons (Fsp3) is 1.00. The molecule has 1 saturated carbocycles. The van der Waals surface area contributed by atoms with Crippen molar-refractivity contribution >= 4 is 0 Å². The van der Waals surface area contributed by atoms with Gasteiger partial charge in [-0.2, -0.15) is 0 Å². The molecule has 0 aromatic heterocycles. The fourth-order valence-corrected chi connectivity index (χ4v) is 3.25. The van der Waals surface area contributed by atoms with E-state index in [1.165, 1.54) is 19.3 Å². The van der Waals surface area contributed by atoms with Crippen LogP contribution in [0.2, 0.25) is 0 Å². The molecule has 2 rings (SSSR count). The molecule has 0 aromatic carbocycles. The highest BCUT2D eigenvalue weighted by atomic mass is 16.6. The van der Waals surface area contributed by atoms with Crippen LogP contribution >= 0.6 is 0 Å². The first-order chi connectivity index (χ1) is 7.59. The van der Waals surface area contributed by atoms with Crippen LogP contribution in [0.4, 0.5) is 0 Å². The molecule has 1 aliphatic heterocycles. The highest BCUT2D eigenvalue weighted by Crippen LogP contribution is 2.37. The largest absolute Gasteiger partial charge is 0.631 e. The number of hydrogen-bond acceptors (Lipinski definition) is 2. The molecule has 1 heterocycles. The van der Waals surface area contributed by atoms with Gasteiger partial charge in [0, 0.05) is 12.3 Å². The van der Waals surface area contributed by atoms with Crippen molar-refractivity contribution in [3.8, 4) is 0 Å². The third kappa shape index (κ3) is 2.96. The number of hydrogen-bond donors (Lipinski definition) is 0. The summed E-state index contributed by atoms with van der Waals surface area (Å²) in [4.78, 5) is 0. The molecular weight excluding hydrogens is 202 g/mol. The molecule has 0 spiro atoms. The second kappa shape index (κ2) is 5.03. The van der Waals surface area contributed by atoms with Crippen molar-refractivity contribution < 1.29 is 9.38 Å². The molecule has 3 nitrogen and oxygen atoms in total. The molecule has 0 amide bonds. The van der Waals surface area contributed by atoms with Crippen LogP contribution < -0.4 is 0 Å². The number of ether oxygens (including phenoxy) is 1. The molecule has 1 saturated heterocycles. The SMILES string of the molecule is CC(C)C1CCC(C[N+]2([O-])CCCOC2)C1. The van der Waals surface area contributed by atoms with Crippen molar-refractivity contribution in [3.63, 3.8) is 0 Å². The predicted molar refractivity (Wildman–Crippen MR) is 64.5 cm³/mol. The zero-order valence-corrected chi connectivity index (χ0v) is 10.7. The predicted octanol–water partition coefficient (Wildman–Crippen LogP) is 2.75. The smallest absolute Gasteiger partial charge is 0.182 e. The Morgan fingerprint density at radius 3 is 2.75 bits per heavy atom. The van der Waals surface area contributed by atoms with Gasteiger partial charge in [0.05, 0.1) is 19.7 Å². The van der Waals surface area contributed by atoms with Crippen LogP contribution in [-0.4, -0.2) is 31.1 Å². The number of hydroxylamine groups is 3. The minimum atomic E-state index is -0.0878. The topological polar surface area (TPSA) is 32.3 Å². The minimum absolute atomic E-state index is 0.0878. The Bertz CT molecular complexity index is 224. The summed E-state index contributed by atoms with van der Waals surface area (Å²) in [7, 11) is 0. The fourth-order valence-electron chi connectivity index (χ4n) is 3.25. The van der Waals surface area contributed by atoms with Crippen molar-refractivity contribution in [1.82, 2.24) is 0 Å². The molecule has 1 aliphatic carbocycles. The standard InChI is InChI=1S/C13H25NO2/c1-11(2)13-5-4-12(8-13)9-14(15)6-3-7-16-10-14/h11-13H,3-10H2,1-2H3. The van der Waals surface area contributed by atoms with Crippen LogP contribution in [0.5, 0.6) is 0 Å². The first kappa shape index (κ1) is 12.3. The molecule has 3 atom stereocenters. The Balaban J connectivity index is 1.81. The van der Waals surface area contributed by atoms with Gasteiger partial charge in [-0.25, -0.2) is 0 Å². The van der Waals surface area contributed by atoms with Crippen molar-refractivity contribution in [1.29, 1.82) is 0 Å². The lowest BCUT2D eigenvalue weighted by molar-refractivity contribution is -0.910. The zero-order chi connectivity index (χ0) is 11.6. The lowest BCUT2D eigenvalue weighted by Gasteiger charge is -2.46. The maximum atomic E-state index is 12.4. The van der Waals surface area contributed by atoms with Gasteiger partial charge in [-0.3, -0.25) is 0 Å². The molecule has 16 heavy (non-hydrogen) atoms. The van der Waals surface area contributed by atoms with Gasteiger partial charge in [0.25, 0.3) is 0 Å². The molecule has 94 valence electrons. The highest BCUT2D eigenvalue weighted by molar-refractivity contribution is 4.77. The Labute approximate surface area is 98.9 Å². The van der Waals surface area contributed by atoms with Crippen LogP contribution in [0.25, 0.3) is 0 Å². The Morgan fingerprint density at radius 1 is 1.38 bits per heavy atom.